The molecule has 0 aromatic heterocycles. The van der Waals surface area contributed by atoms with Gasteiger partial charge >= 0.3 is 17.9 Å². The normalized spacial score (nSPS) is 13.5. The lowest BCUT2D eigenvalue weighted by atomic mass is 10.1. The molecule has 0 aliphatic heterocycles. The summed E-state index contributed by atoms with van der Waals surface area (Å²) in [6.07, 6.45) is 106. The molecule has 0 amide bonds. The maximum atomic E-state index is 12.9. The lowest BCUT2D eigenvalue weighted by Gasteiger charge is -2.18. The highest BCUT2D eigenvalue weighted by Gasteiger charge is 2.19. The van der Waals surface area contributed by atoms with E-state index in [1.807, 2.05) is 6.08 Å². The topological polar surface area (TPSA) is 78.9 Å². The molecule has 0 aromatic carbocycles. The van der Waals surface area contributed by atoms with Gasteiger partial charge in [-0.3, -0.25) is 14.4 Å². The second kappa shape index (κ2) is 68.5. The molecule has 83 heavy (non-hydrogen) atoms. The van der Waals surface area contributed by atoms with Crippen LogP contribution in [0.15, 0.2) is 207 Å². The molecular weight excluding hydrogens is 1020 g/mol. The average Bonchev–Trinajstić information content (AvgIpc) is 3.49. The minimum absolute atomic E-state index is 0.107. The molecule has 0 aliphatic carbocycles. The number of unbranched alkanes of at least 4 members (excludes halogenated alkanes) is 12. The molecule has 1 atom stereocenters. The number of allylic oxidation sites excluding steroid dienone is 33. The van der Waals surface area contributed by atoms with Crippen LogP contribution < -0.4 is 0 Å². The van der Waals surface area contributed by atoms with Crippen molar-refractivity contribution in [3.63, 3.8) is 0 Å². The van der Waals surface area contributed by atoms with Gasteiger partial charge in [0.2, 0.25) is 0 Å². The highest BCUT2D eigenvalue weighted by Crippen LogP contribution is 2.13. The molecule has 0 fully saturated rings. The summed E-state index contributed by atoms with van der Waals surface area (Å²) < 4.78 is 16.8. The van der Waals surface area contributed by atoms with Gasteiger partial charge in [0.15, 0.2) is 6.10 Å². The fraction of sp³-hybridized carbons (Fsp3) is 0.519. The van der Waals surface area contributed by atoms with Crippen LogP contribution in [0, 0.1) is 0 Å². The quantitative estimate of drug-likeness (QED) is 0.0261. The van der Waals surface area contributed by atoms with Crippen molar-refractivity contribution in [2.24, 2.45) is 0 Å². The Bertz CT molecular complexity index is 2030. The molecule has 0 aliphatic rings. The Labute approximate surface area is 509 Å². The molecule has 6 heteroatoms. The molecule has 6 nitrogen and oxygen atoms in total. The summed E-state index contributed by atoms with van der Waals surface area (Å²) in [5.74, 6) is -1.12. The van der Waals surface area contributed by atoms with E-state index in [0.717, 1.165) is 154 Å². The fourth-order valence-electron chi connectivity index (χ4n) is 8.05. The van der Waals surface area contributed by atoms with Crippen LogP contribution >= 0.6 is 0 Å². The van der Waals surface area contributed by atoms with Crippen LogP contribution in [0.1, 0.15) is 239 Å². The Morgan fingerprint density at radius 3 is 0.795 bits per heavy atom. The van der Waals surface area contributed by atoms with Crippen LogP contribution in [0.2, 0.25) is 0 Å². The van der Waals surface area contributed by atoms with Crippen molar-refractivity contribution in [1.29, 1.82) is 0 Å². The zero-order valence-corrected chi connectivity index (χ0v) is 52.6. The molecule has 0 aromatic rings. The van der Waals surface area contributed by atoms with Crippen molar-refractivity contribution in [1.82, 2.24) is 0 Å². The fourth-order valence-corrected chi connectivity index (χ4v) is 8.05. The second-order valence-electron chi connectivity index (χ2n) is 20.5. The Hall–Kier alpha value is -6.01. The molecule has 0 radical (unpaired) electrons. The molecule has 0 saturated carbocycles. The zero-order chi connectivity index (χ0) is 59.9. The van der Waals surface area contributed by atoms with E-state index < -0.39 is 12.1 Å². The van der Waals surface area contributed by atoms with Crippen LogP contribution in [-0.4, -0.2) is 37.2 Å². The van der Waals surface area contributed by atoms with Crippen molar-refractivity contribution in [2.75, 3.05) is 13.2 Å². The molecule has 0 spiro atoms. The maximum absolute atomic E-state index is 12.9. The highest BCUT2D eigenvalue weighted by atomic mass is 16.6. The Balaban J connectivity index is 4.48. The summed E-state index contributed by atoms with van der Waals surface area (Å²) in [7, 11) is 0. The van der Waals surface area contributed by atoms with Crippen molar-refractivity contribution in [2.45, 2.75) is 245 Å². The van der Waals surface area contributed by atoms with E-state index in [9.17, 15) is 14.4 Å². The SMILES string of the molecule is CC/C=C\C/C=C\C/C=C\C/C=C\C/C=C\C/C=C\C/C=C\CCCCCCCCCCCC(=O)OCC(COC(=O)C/C=C\C/C=C\C/C=C\C/C=C\C/C=C\CC)OC(=O)CCCCC/C=C\C/C=C\C/C=C\C/C=C\C/C=C\CC. The smallest absolute Gasteiger partial charge is 0.309 e. The van der Waals surface area contributed by atoms with E-state index in [0.29, 0.717) is 12.8 Å². The van der Waals surface area contributed by atoms with Gasteiger partial charge < -0.3 is 14.2 Å². The van der Waals surface area contributed by atoms with Gasteiger partial charge in [0, 0.05) is 12.8 Å². The average molecular weight is 1140 g/mol. The predicted molar refractivity (Wildman–Crippen MR) is 361 cm³/mol. The molecular formula is C77H116O6. The lowest BCUT2D eigenvalue weighted by Crippen LogP contribution is -2.30. The minimum atomic E-state index is -0.852. The van der Waals surface area contributed by atoms with Crippen molar-refractivity contribution in [3.8, 4) is 0 Å². The molecule has 0 saturated heterocycles. The van der Waals surface area contributed by atoms with Crippen LogP contribution in [0.4, 0.5) is 0 Å². The lowest BCUT2D eigenvalue weighted by molar-refractivity contribution is -0.166. The predicted octanol–water partition coefficient (Wildman–Crippen LogP) is 22.8. The number of esters is 3. The first-order valence-corrected chi connectivity index (χ1v) is 32.6. The van der Waals surface area contributed by atoms with Crippen LogP contribution in [0.5, 0.6) is 0 Å². The first-order chi connectivity index (χ1) is 41.0. The third kappa shape index (κ3) is 66.7. The summed E-state index contributed by atoms with van der Waals surface area (Å²) in [6.45, 7) is 6.16. The first kappa shape index (κ1) is 77.0. The second-order valence-corrected chi connectivity index (χ2v) is 20.5. The van der Waals surface area contributed by atoms with E-state index in [1.165, 1.54) is 38.5 Å². The summed E-state index contributed by atoms with van der Waals surface area (Å²) in [5, 5.41) is 0. The third-order valence-corrected chi connectivity index (χ3v) is 12.8. The van der Waals surface area contributed by atoms with Gasteiger partial charge in [-0.05, 0) is 148 Å². The van der Waals surface area contributed by atoms with Crippen molar-refractivity contribution in [3.05, 3.63) is 207 Å². The minimum Gasteiger partial charge on any atom is -0.462 e. The molecule has 0 N–H and O–H groups in total. The van der Waals surface area contributed by atoms with Gasteiger partial charge in [-0.25, -0.2) is 0 Å². The summed E-state index contributed by atoms with van der Waals surface area (Å²) >= 11 is 0. The van der Waals surface area contributed by atoms with Gasteiger partial charge in [0.1, 0.15) is 13.2 Å². The summed E-state index contributed by atoms with van der Waals surface area (Å²) in [4.78, 5) is 38.3. The van der Waals surface area contributed by atoms with Gasteiger partial charge in [0.05, 0.1) is 6.42 Å². The highest BCUT2D eigenvalue weighted by molar-refractivity contribution is 5.72. The van der Waals surface area contributed by atoms with E-state index in [1.54, 1.807) is 6.08 Å². The van der Waals surface area contributed by atoms with E-state index in [-0.39, 0.29) is 38.0 Å². The van der Waals surface area contributed by atoms with Gasteiger partial charge in [-0.15, -0.1) is 0 Å². The number of rotatable bonds is 56. The monoisotopic (exact) mass is 1140 g/mol. The molecule has 1 unspecified atom stereocenters. The number of carbonyl (C=O) groups excluding carboxylic acids is 3. The van der Waals surface area contributed by atoms with Gasteiger partial charge in [-0.2, -0.15) is 0 Å². The van der Waals surface area contributed by atoms with Crippen molar-refractivity contribution < 1.29 is 28.6 Å². The number of hydrogen-bond donors (Lipinski definition) is 0. The third-order valence-electron chi connectivity index (χ3n) is 12.8. The van der Waals surface area contributed by atoms with Crippen LogP contribution in [0.25, 0.3) is 0 Å². The summed E-state index contributed by atoms with van der Waals surface area (Å²) in [6, 6.07) is 0. The Morgan fingerprint density at radius 2 is 0.482 bits per heavy atom. The Morgan fingerprint density at radius 1 is 0.253 bits per heavy atom. The molecule has 0 bridgehead atoms. The number of carbonyl (C=O) groups is 3. The van der Waals surface area contributed by atoms with E-state index >= 15 is 0 Å². The van der Waals surface area contributed by atoms with Crippen LogP contribution in [0.3, 0.4) is 0 Å². The zero-order valence-electron chi connectivity index (χ0n) is 52.6. The summed E-state index contributed by atoms with van der Waals surface area (Å²) in [5.41, 5.74) is 0. The standard InChI is InChI=1S/C77H116O6/c1-4-7-10-13-16-19-22-25-28-30-32-33-34-35-36-37-38-39-40-41-42-43-45-46-49-52-55-58-61-64-67-70-76(79)82-73-74(72-81-75(78)69-66-63-60-57-54-51-48-27-24-21-18-15-12-9-6-3)83-77(80)71-68-65-62-59-56-53-50-47-44-31-29-26-23-20-17-14-11-8-5-2/h7-12,16-21,25-29,32-33,35-36,38-39,41-42,44,47-48,53-54,56-57,63,66,74H,4-6,13-15,22-24,30-31,34,37,40,43,45-46,49-52,55,58-62,64-65,67-73H2,1-3H3/b10-7-,11-8-,12-9-,19-16-,20-17-,21-18-,28-25-,29-26-,33-32-,36-35-,39-38-,42-41-,47-44-,48-27-,56-53-,57-54-,66-63-. The largest absolute Gasteiger partial charge is 0.462 e. The molecule has 0 rings (SSSR count). The van der Waals surface area contributed by atoms with E-state index in [2.05, 4.69) is 215 Å². The maximum Gasteiger partial charge on any atom is 0.309 e. The first-order valence-electron chi connectivity index (χ1n) is 32.6. The van der Waals surface area contributed by atoms with Crippen molar-refractivity contribution >= 4 is 17.9 Å². The number of ether oxygens (including phenoxy) is 3. The van der Waals surface area contributed by atoms with E-state index in [4.69, 9.17) is 14.2 Å². The molecule has 460 valence electrons. The molecule has 0 heterocycles. The van der Waals surface area contributed by atoms with Gasteiger partial charge in [0.25, 0.3) is 0 Å². The van der Waals surface area contributed by atoms with Crippen LogP contribution in [-0.2, 0) is 28.6 Å². The Kier molecular flexibility index (Phi) is 63.5. The van der Waals surface area contributed by atoms with Gasteiger partial charge in [-0.1, -0.05) is 279 Å². The number of hydrogen-bond acceptors (Lipinski definition) is 6.